The van der Waals surface area contributed by atoms with Crippen LogP contribution >= 0.6 is 11.3 Å². The van der Waals surface area contributed by atoms with Crippen LogP contribution in [0.1, 0.15) is 0 Å². The summed E-state index contributed by atoms with van der Waals surface area (Å²) in [4.78, 5) is 16.4. The molecule has 0 fully saturated rings. The van der Waals surface area contributed by atoms with Crippen LogP contribution in [0.15, 0.2) is 200 Å². The van der Waals surface area contributed by atoms with Crippen molar-refractivity contribution in [3.63, 3.8) is 0 Å². The van der Waals surface area contributed by atoms with Gasteiger partial charge in [-0.2, -0.15) is 0 Å². The highest BCUT2D eigenvalue weighted by Crippen LogP contribution is 2.41. The third kappa shape index (κ3) is 6.04. The van der Waals surface area contributed by atoms with Gasteiger partial charge in [-0.25, -0.2) is 15.0 Å². The molecule has 266 valence electrons. The maximum Gasteiger partial charge on any atom is 0.164 e. The van der Waals surface area contributed by atoms with Gasteiger partial charge in [-0.1, -0.05) is 170 Å². The number of nitrogens with zero attached hydrogens (tertiary/aromatic N) is 3. The van der Waals surface area contributed by atoms with E-state index in [9.17, 15) is 0 Å². The Morgan fingerprint density at radius 2 is 0.825 bits per heavy atom. The maximum atomic E-state index is 5.11. The molecule has 0 bridgehead atoms. The lowest BCUT2D eigenvalue weighted by molar-refractivity contribution is 1.07. The Kier molecular flexibility index (Phi) is 8.01. The molecule has 0 amide bonds. The third-order valence-electron chi connectivity index (χ3n) is 10.9. The van der Waals surface area contributed by atoms with Gasteiger partial charge >= 0.3 is 0 Å². The number of hydrogen-bond acceptors (Lipinski definition) is 4. The topological polar surface area (TPSA) is 38.7 Å². The largest absolute Gasteiger partial charge is 0.208 e. The second kappa shape index (κ2) is 13.8. The van der Waals surface area contributed by atoms with E-state index in [2.05, 4.69) is 182 Å². The van der Waals surface area contributed by atoms with Gasteiger partial charge in [0.1, 0.15) is 0 Å². The van der Waals surface area contributed by atoms with Crippen molar-refractivity contribution >= 4 is 53.7 Å². The first-order valence-electron chi connectivity index (χ1n) is 19.2. The smallest absolute Gasteiger partial charge is 0.164 e. The molecule has 0 aliphatic heterocycles. The summed E-state index contributed by atoms with van der Waals surface area (Å²) in [5.74, 6) is 1.92. The second-order valence-corrected chi connectivity index (χ2v) is 15.5. The number of thiophene rings is 1. The zero-order valence-electron chi connectivity index (χ0n) is 30.8. The molecular weight excluding hydrogens is 711 g/mol. The quantitative estimate of drug-likeness (QED) is 0.126. The average molecular weight is 744 g/mol. The fourth-order valence-corrected chi connectivity index (χ4v) is 9.15. The van der Waals surface area contributed by atoms with Gasteiger partial charge in [-0.15, -0.1) is 11.3 Å². The van der Waals surface area contributed by atoms with Crippen molar-refractivity contribution in [2.24, 2.45) is 0 Å². The summed E-state index contributed by atoms with van der Waals surface area (Å²) in [6, 6.07) is 71.3. The highest BCUT2D eigenvalue weighted by molar-refractivity contribution is 7.22. The molecule has 0 aliphatic rings. The Morgan fingerprint density at radius 3 is 1.58 bits per heavy atom. The standard InChI is InChI=1S/C53H33N3S/c1-2-13-36(14-3-1)51-54-52(37-26-24-35(25-27-37)49-33-41-16-6-9-23-48(41)57-49)56-53(55-51)43-20-11-18-39(31-43)38-17-10-19-42(30-38)50-45-22-8-5-15-40(45)32-47-44-21-7-4-12-34(44)28-29-46(47)50/h1-33H. The summed E-state index contributed by atoms with van der Waals surface area (Å²) in [5.41, 5.74) is 8.66. The van der Waals surface area contributed by atoms with Gasteiger partial charge in [-0.3, -0.25) is 0 Å². The number of rotatable bonds is 6. The molecule has 0 saturated carbocycles. The van der Waals surface area contributed by atoms with Crippen LogP contribution in [0.25, 0.3) is 109 Å². The van der Waals surface area contributed by atoms with Crippen LogP contribution in [0.2, 0.25) is 0 Å². The van der Waals surface area contributed by atoms with Crippen LogP contribution in [-0.2, 0) is 0 Å². The Bertz CT molecular complexity index is 3260. The molecule has 11 aromatic rings. The summed E-state index contributed by atoms with van der Waals surface area (Å²) in [6.07, 6.45) is 0. The highest BCUT2D eigenvalue weighted by Gasteiger charge is 2.16. The number of benzene rings is 9. The van der Waals surface area contributed by atoms with E-state index < -0.39 is 0 Å². The fraction of sp³-hybridized carbons (Fsp3) is 0. The van der Waals surface area contributed by atoms with Gasteiger partial charge in [0.15, 0.2) is 17.5 Å². The lowest BCUT2D eigenvalue weighted by atomic mass is 9.89. The minimum Gasteiger partial charge on any atom is -0.208 e. The van der Waals surface area contributed by atoms with E-state index in [1.807, 2.05) is 29.5 Å². The first kappa shape index (κ1) is 33.1. The fourth-order valence-electron chi connectivity index (χ4n) is 8.08. The molecule has 0 spiro atoms. The van der Waals surface area contributed by atoms with E-state index in [0.717, 1.165) is 27.8 Å². The van der Waals surface area contributed by atoms with Crippen molar-refractivity contribution in [3.05, 3.63) is 200 Å². The monoisotopic (exact) mass is 743 g/mol. The molecule has 3 nitrogen and oxygen atoms in total. The Balaban J connectivity index is 1.01. The molecule has 0 saturated heterocycles. The molecule has 0 N–H and O–H groups in total. The zero-order chi connectivity index (χ0) is 37.7. The van der Waals surface area contributed by atoms with E-state index in [-0.39, 0.29) is 0 Å². The maximum absolute atomic E-state index is 5.11. The van der Waals surface area contributed by atoms with Crippen LogP contribution in [-0.4, -0.2) is 15.0 Å². The number of hydrogen-bond donors (Lipinski definition) is 0. The Hall–Kier alpha value is -7.27. The SMILES string of the molecule is c1ccc(-c2nc(-c3ccc(-c4cc5ccccc5s4)cc3)nc(-c3cccc(-c4cccc(-c5c6ccccc6cc6c5ccc5ccccc56)c4)c3)n2)cc1. The van der Waals surface area contributed by atoms with Crippen LogP contribution in [0.4, 0.5) is 0 Å². The summed E-state index contributed by atoms with van der Waals surface area (Å²) in [7, 11) is 0. The van der Waals surface area contributed by atoms with Gasteiger partial charge in [0.2, 0.25) is 0 Å². The van der Waals surface area contributed by atoms with Gasteiger partial charge in [0, 0.05) is 26.3 Å². The van der Waals surface area contributed by atoms with Crippen molar-refractivity contribution < 1.29 is 0 Å². The summed E-state index contributed by atoms with van der Waals surface area (Å²) in [5, 5.41) is 8.78. The molecule has 0 radical (unpaired) electrons. The van der Waals surface area contributed by atoms with E-state index in [0.29, 0.717) is 17.5 Å². The first-order chi connectivity index (χ1) is 28.2. The predicted molar refractivity (Wildman–Crippen MR) is 240 cm³/mol. The van der Waals surface area contributed by atoms with Crippen molar-refractivity contribution in [2.45, 2.75) is 0 Å². The summed E-state index contributed by atoms with van der Waals surface area (Å²) in [6.45, 7) is 0. The minimum absolute atomic E-state index is 0.636. The van der Waals surface area contributed by atoms with E-state index >= 15 is 0 Å². The lowest BCUT2D eigenvalue weighted by Gasteiger charge is -2.15. The normalized spacial score (nSPS) is 11.5. The highest BCUT2D eigenvalue weighted by atomic mass is 32.1. The van der Waals surface area contributed by atoms with E-state index in [1.165, 1.54) is 64.0 Å². The molecular formula is C53H33N3S. The number of fused-ring (bicyclic) bond motifs is 5. The third-order valence-corrected chi connectivity index (χ3v) is 12.1. The molecule has 11 rings (SSSR count). The van der Waals surface area contributed by atoms with Gasteiger partial charge in [-0.05, 0) is 95.9 Å². The molecule has 9 aromatic carbocycles. The van der Waals surface area contributed by atoms with Gasteiger partial charge < -0.3 is 0 Å². The molecule has 0 aliphatic carbocycles. The molecule has 57 heavy (non-hydrogen) atoms. The van der Waals surface area contributed by atoms with E-state index in [4.69, 9.17) is 15.0 Å². The summed E-state index contributed by atoms with van der Waals surface area (Å²) < 4.78 is 1.29. The van der Waals surface area contributed by atoms with Crippen molar-refractivity contribution in [1.29, 1.82) is 0 Å². The van der Waals surface area contributed by atoms with Crippen LogP contribution in [0.5, 0.6) is 0 Å². The molecule has 4 heteroatoms. The zero-order valence-corrected chi connectivity index (χ0v) is 31.6. The second-order valence-electron chi connectivity index (χ2n) is 14.4. The first-order valence-corrected chi connectivity index (χ1v) is 20.0. The van der Waals surface area contributed by atoms with Crippen molar-refractivity contribution in [3.8, 4) is 66.9 Å². The van der Waals surface area contributed by atoms with Crippen molar-refractivity contribution in [1.82, 2.24) is 15.0 Å². The average Bonchev–Trinajstić information content (AvgIpc) is 3.73. The van der Waals surface area contributed by atoms with E-state index in [1.54, 1.807) is 0 Å². The number of aromatic nitrogens is 3. The molecule has 0 unspecified atom stereocenters. The van der Waals surface area contributed by atoms with Crippen molar-refractivity contribution in [2.75, 3.05) is 0 Å². The Labute approximate surface area is 334 Å². The molecule has 0 atom stereocenters. The van der Waals surface area contributed by atoms with Crippen LogP contribution < -0.4 is 0 Å². The summed E-state index contributed by atoms with van der Waals surface area (Å²) >= 11 is 1.81. The molecule has 2 heterocycles. The predicted octanol–water partition coefficient (Wildman–Crippen LogP) is 14.5. The van der Waals surface area contributed by atoms with Gasteiger partial charge in [0.05, 0.1) is 0 Å². The lowest BCUT2D eigenvalue weighted by Crippen LogP contribution is -2.00. The van der Waals surface area contributed by atoms with Gasteiger partial charge in [0.25, 0.3) is 0 Å². The Morgan fingerprint density at radius 1 is 0.281 bits per heavy atom. The van der Waals surface area contributed by atoms with Crippen LogP contribution in [0.3, 0.4) is 0 Å². The minimum atomic E-state index is 0.636. The molecule has 2 aromatic heterocycles. The van der Waals surface area contributed by atoms with Crippen LogP contribution in [0, 0.1) is 0 Å².